The standard InChI is InChI=1S/C19H19NO7/c1-24-16-10-13(11-17(25-2)19(16)26-3)7-8-18(21)27-12-14-5-4-6-15(9-14)20(22)23/h4-11H,12H2,1-3H3. The van der Waals surface area contributed by atoms with E-state index in [0.29, 0.717) is 28.4 Å². The molecular weight excluding hydrogens is 354 g/mol. The molecule has 0 fully saturated rings. The third-order valence-corrected chi connectivity index (χ3v) is 3.60. The van der Waals surface area contributed by atoms with Gasteiger partial charge in [-0.15, -0.1) is 0 Å². The van der Waals surface area contributed by atoms with Crippen LogP contribution >= 0.6 is 0 Å². The number of methoxy groups -OCH3 is 3. The molecule has 0 saturated heterocycles. The molecule has 0 atom stereocenters. The highest BCUT2D eigenvalue weighted by Gasteiger charge is 2.12. The second kappa shape index (κ2) is 9.23. The maximum Gasteiger partial charge on any atom is 0.331 e. The molecule has 0 bridgehead atoms. The molecule has 8 heteroatoms. The first-order valence-electron chi connectivity index (χ1n) is 7.86. The third kappa shape index (κ3) is 5.21. The molecule has 27 heavy (non-hydrogen) atoms. The number of ether oxygens (including phenoxy) is 4. The lowest BCUT2D eigenvalue weighted by atomic mass is 10.1. The van der Waals surface area contributed by atoms with Crippen molar-refractivity contribution in [3.63, 3.8) is 0 Å². The zero-order valence-corrected chi connectivity index (χ0v) is 15.1. The highest BCUT2D eigenvalue weighted by Crippen LogP contribution is 2.38. The van der Waals surface area contributed by atoms with E-state index < -0.39 is 10.9 Å². The predicted molar refractivity (Wildman–Crippen MR) is 98.0 cm³/mol. The minimum Gasteiger partial charge on any atom is -0.493 e. The fourth-order valence-corrected chi connectivity index (χ4v) is 2.32. The summed E-state index contributed by atoms with van der Waals surface area (Å²) in [5.41, 5.74) is 1.12. The Bertz CT molecular complexity index is 836. The molecule has 0 amide bonds. The van der Waals surface area contributed by atoms with Gasteiger partial charge in [0.1, 0.15) is 6.61 Å². The van der Waals surface area contributed by atoms with E-state index in [9.17, 15) is 14.9 Å². The fourth-order valence-electron chi connectivity index (χ4n) is 2.32. The number of carbonyl (C=O) groups is 1. The Hall–Kier alpha value is -3.55. The van der Waals surface area contributed by atoms with Crippen molar-refractivity contribution in [2.75, 3.05) is 21.3 Å². The number of esters is 1. The van der Waals surface area contributed by atoms with Crippen LogP contribution in [0, 0.1) is 10.1 Å². The van der Waals surface area contributed by atoms with Crippen molar-refractivity contribution >= 4 is 17.7 Å². The van der Waals surface area contributed by atoms with Gasteiger partial charge in [-0.3, -0.25) is 10.1 Å². The van der Waals surface area contributed by atoms with Crippen LogP contribution in [-0.4, -0.2) is 32.2 Å². The molecule has 8 nitrogen and oxygen atoms in total. The van der Waals surface area contributed by atoms with Crippen molar-refractivity contribution < 1.29 is 28.7 Å². The van der Waals surface area contributed by atoms with Gasteiger partial charge in [0, 0.05) is 18.2 Å². The smallest absolute Gasteiger partial charge is 0.331 e. The molecule has 0 N–H and O–H groups in total. The van der Waals surface area contributed by atoms with E-state index in [1.165, 1.54) is 45.6 Å². The number of rotatable bonds is 8. The second-order valence-electron chi connectivity index (χ2n) is 5.33. The third-order valence-electron chi connectivity index (χ3n) is 3.60. The van der Waals surface area contributed by atoms with Gasteiger partial charge in [0.25, 0.3) is 5.69 Å². The maximum atomic E-state index is 11.9. The quantitative estimate of drug-likeness (QED) is 0.303. The molecule has 0 radical (unpaired) electrons. The Morgan fingerprint density at radius 2 is 1.74 bits per heavy atom. The number of non-ortho nitro benzene ring substituents is 1. The monoisotopic (exact) mass is 373 g/mol. The molecule has 2 aromatic rings. The predicted octanol–water partition coefficient (Wildman–Crippen LogP) is 3.38. The number of hydrogen-bond donors (Lipinski definition) is 0. The number of nitro benzene ring substituents is 1. The molecule has 0 spiro atoms. The molecular formula is C19H19NO7. The van der Waals surface area contributed by atoms with Crippen LogP contribution in [0.3, 0.4) is 0 Å². The van der Waals surface area contributed by atoms with Gasteiger partial charge < -0.3 is 18.9 Å². The molecule has 0 unspecified atom stereocenters. The average Bonchev–Trinajstić information content (AvgIpc) is 2.69. The van der Waals surface area contributed by atoms with E-state index in [1.807, 2.05) is 0 Å². The summed E-state index contributed by atoms with van der Waals surface area (Å²) in [5, 5.41) is 10.8. The molecule has 0 aromatic heterocycles. The summed E-state index contributed by atoms with van der Waals surface area (Å²) >= 11 is 0. The van der Waals surface area contributed by atoms with Crippen LogP contribution in [-0.2, 0) is 16.1 Å². The first kappa shape index (κ1) is 19.8. The summed E-state index contributed by atoms with van der Waals surface area (Å²) in [4.78, 5) is 22.2. The van der Waals surface area contributed by atoms with E-state index in [0.717, 1.165) is 0 Å². The number of hydrogen-bond acceptors (Lipinski definition) is 7. The Labute approximate surface area is 156 Å². The number of carbonyl (C=O) groups excluding carboxylic acids is 1. The van der Waals surface area contributed by atoms with Crippen LogP contribution in [0.5, 0.6) is 17.2 Å². The van der Waals surface area contributed by atoms with Crippen molar-refractivity contribution in [3.8, 4) is 17.2 Å². The summed E-state index contributed by atoms with van der Waals surface area (Å²) in [7, 11) is 4.50. The lowest BCUT2D eigenvalue weighted by molar-refractivity contribution is -0.384. The minimum absolute atomic E-state index is 0.0588. The molecule has 0 saturated carbocycles. The largest absolute Gasteiger partial charge is 0.493 e. The Morgan fingerprint density at radius 3 is 2.30 bits per heavy atom. The van der Waals surface area contributed by atoms with Gasteiger partial charge in [-0.25, -0.2) is 4.79 Å². The van der Waals surface area contributed by atoms with Crippen molar-refractivity contribution in [3.05, 3.63) is 63.7 Å². The van der Waals surface area contributed by atoms with Gasteiger partial charge in [0.05, 0.1) is 26.3 Å². The van der Waals surface area contributed by atoms with Crippen LogP contribution in [0.1, 0.15) is 11.1 Å². The van der Waals surface area contributed by atoms with Crippen LogP contribution in [0.15, 0.2) is 42.5 Å². The van der Waals surface area contributed by atoms with Crippen molar-refractivity contribution in [1.82, 2.24) is 0 Å². The maximum absolute atomic E-state index is 11.9. The molecule has 0 aliphatic heterocycles. The minimum atomic E-state index is -0.588. The van der Waals surface area contributed by atoms with E-state index in [-0.39, 0.29) is 12.3 Å². The van der Waals surface area contributed by atoms with E-state index in [2.05, 4.69) is 0 Å². The van der Waals surface area contributed by atoms with E-state index >= 15 is 0 Å². The first-order valence-corrected chi connectivity index (χ1v) is 7.86. The second-order valence-corrected chi connectivity index (χ2v) is 5.33. The van der Waals surface area contributed by atoms with Gasteiger partial charge in [-0.1, -0.05) is 12.1 Å². The average molecular weight is 373 g/mol. The van der Waals surface area contributed by atoms with Crippen LogP contribution in [0.25, 0.3) is 6.08 Å². The van der Waals surface area contributed by atoms with Gasteiger partial charge in [-0.05, 0) is 29.3 Å². The highest BCUT2D eigenvalue weighted by atomic mass is 16.6. The van der Waals surface area contributed by atoms with Crippen molar-refractivity contribution in [2.45, 2.75) is 6.61 Å². The molecule has 0 aliphatic rings. The number of nitro groups is 1. The Morgan fingerprint density at radius 1 is 1.07 bits per heavy atom. The normalized spacial score (nSPS) is 10.5. The molecule has 2 rings (SSSR count). The summed E-state index contributed by atoms with van der Waals surface area (Å²) in [6.45, 7) is -0.0693. The zero-order chi connectivity index (χ0) is 19.8. The molecule has 0 heterocycles. The van der Waals surface area contributed by atoms with Gasteiger partial charge in [-0.2, -0.15) is 0 Å². The fraction of sp³-hybridized carbons (Fsp3) is 0.211. The SMILES string of the molecule is COc1cc(C=CC(=O)OCc2cccc([N+](=O)[O-])c2)cc(OC)c1OC. The van der Waals surface area contributed by atoms with Crippen LogP contribution in [0.4, 0.5) is 5.69 Å². The lowest BCUT2D eigenvalue weighted by Crippen LogP contribution is -2.01. The zero-order valence-electron chi connectivity index (χ0n) is 15.1. The topological polar surface area (TPSA) is 97.1 Å². The van der Waals surface area contributed by atoms with Gasteiger partial charge in [0.15, 0.2) is 11.5 Å². The molecule has 142 valence electrons. The van der Waals surface area contributed by atoms with Crippen molar-refractivity contribution in [1.29, 1.82) is 0 Å². The highest BCUT2D eigenvalue weighted by molar-refractivity contribution is 5.87. The summed E-state index contributed by atoms with van der Waals surface area (Å²) in [6, 6.07) is 9.28. The summed E-state index contributed by atoms with van der Waals surface area (Å²) < 4.78 is 20.9. The summed E-state index contributed by atoms with van der Waals surface area (Å²) in [6.07, 6.45) is 2.79. The molecule has 2 aromatic carbocycles. The molecule has 0 aliphatic carbocycles. The van der Waals surface area contributed by atoms with E-state index in [1.54, 1.807) is 24.3 Å². The summed E-state index contributed by atoms with van der Waals surface area (Å²) in [5.74, 6) is 0.781. The Kier molecular flexibility index (Phi) is 6.76. The lowest BCUT2D eigenvalue weighted by Gasteiger charge is -2.12. The van der Waals surface area contributed by atoms with Crippen LogP contribution in [0.2, 0.25) is 0 Å². The first-order chi connectivity index (χ1) is 13.0. The van der Waals surface area contributed by atoms with Crippen LogP contribution < -0.4 is 14.2 Å². The number of benzene rings is 2. The van der Waals surface area contributed by atoms with Gasteiger partial charge >= 0.3 is 5.97 Å². The number of nitrogens with zero attached hydrogens (tertiary/aromatic N) is 1. The van der Waals surface area contributed by atoms with E-state index in [4.69, 9.17) is 18.9 Å². The van der Waals surface area contributed by atoms with Crippen molar-refractivity contribution in [2.24, 2.45) is 0 Å². The Balaban J connectivity index is 2.06. The van der Waals surface area contributed by atoms with Gasteiger partial charge in [0.2, 0.25) is 5.75 Å².